The van der Waals surface area contributed by atoms with E-state index >= 15 is 0 Å². The topological polar surface area (TPSA) is 72.6 Å². The van der Waals surface area contributed by atoms with Crippen molar-refractivity contribution in [1.82, 2.24) is 4.90 Å². The van der Waals surface area contributed by atoms with Crippen molar-refractivity contribution in [2.75, 3.05) is 19.7 Å². The SMILES string of the molecule is C=CC(=O)OCCN(CC)C(N)=O. The minimum absolute atomic E-state index is 0.141. The standard InChI is InChI=1S/C8H14N2O3/c1-3-7(11)13-6-5-10(4-2)8(9)12/h3H,1,4-6H2,2H3,(H2,9,12). The average Bonchev–Trinajstić information content (AvgIpc) is 2.11. The first kappa shape index (κ1) is 11.5. The van der Waals surface area contributed by atoms with Gasteiger partial charge in [-0.3, -0.25) is 0 Å². The maximum atomic E-state index is 10.7. The molecule has 74 valence electrons. The zero-order valence-electron chi connectivity index (χ0n) is 7.66. The Morgan fingerprint density at radius 2 is 2.23 bits per heavy atom. The van der Waals surface area contributed by atoms with Crippen LogP contribution < -0.4 is 5.73 Å². The third-order valence-electron chi connectivity index (χ3n) is 1.47. The van der Waals surface area contributed by atoms with Gasteiger partial charge in [0.05, 0.1) is 6.54 Å². The van der Waals surface area contributed by atoms with Gasteiger partial charge in [-0.25, -0.2) is 9.59 Å². The summed E-state index contributed by atoms with van der Waals surface area (Å²) in [5.74, 6) is -0.500. The van der Waals surface area contributed by atoms with Crippen LogP contribution in [-0.2, 0) is 9.53 Å². The van der Waals surface area contributed by atoms with Gasteiger partial charge in [-0.05, 0) is 6.92 Å². The Balaban J connectivity index is 3.67. The predicted molar refractivity (Wildman–Crippen MR) is 48.0 cm³/mol. The molecule has 0 saturated heterocycles. The van der Waals surface area contributed by atoms with Gasteiger partial charge < -0.3 is 15.4 Å². The molecule has 2 amide bonds. The molecule has 0 unspecified atom stereocenters. The molecule has 0 aromatic heterocycles. The largest absolute Gasteiger partial charge is 0.461 e. The number of esters is 1. The lowest BCUT2D eigenvalue weighted by Crippen LogP contribution is -2.38. The summed E-state index contributed by atoms with van der Waals surface area (Å²) in [4.78, 5) is 22.6. The maximum Gasteiger partial charge on any atom is 0.330 e. The first-order chi connectivity index (χ1) is 6.11. The maximum absolute atomic E-state index is 10.7. The number of ether oxygens (including phenoxy) is 1. The van der Waals surface area contributed by atoms with E-state index in [9.17, 15) is 9.59 Å². The molecule has 0 aliphatic carbocycles. The summed E-state index contributed by atoms with van der Waals surface area (Å²) in [7, 11) is 0. The van der Waals surface area contributed by atoms with Crippen molar-refractivity contribution in [2.45, 2.75) is 6.92 Å². The number of nitrogens with zero attached hydrogens (tertiary/aromatic N) is 1. The summed E-state index contributed by atoms with van der Waals surface area (Å²) >= 11 is 0. The number of nitrogens with two attached hydrogens (primary N) is 1. The molecule has 0 aromatic rings. The van der Waals surface area contributed by atoms with Crippen molar-refractivity contribution in [3.8, 4) is 0 Å². The molecule has 0 atom stereocenters. The van der Waals surface area contributed by atoms with E-state index in [0.717, 1.165) is 6.08 Å². The van der Waals surface area contributed by atoms with Gasteiger partial charge in [-0.15, -0.1) is 0 Å². The average molecular weight is 186 g/mol. The molecule has 0 radical (unpaired) electrons. The Labute approximate surface area is 77.1 Å². The fourth-order valence-electron chi connectivity index (χ4n) is 0.739. The summed E-state index contributed by atoms with van der Waals surface area (Å²) in [6.07, 6.45) is 1.07. The second-order valence-electron chi connectivity index (χ2n) is 2.29. The van der Waals surface area contributed by atoms with Gasteiger partial charge in [0.15, 0.2) is 0 Å². The van der Waals surface area contributed by atoms with Crippen molar-refractivity contribution in [3.05, 3.63) is 12.7 Å². The van der Waals surface area contributed by atoms with E-state index in [0.29, 0.717) is 13.1 Å². The lowest BCUT2D eigenvalue weighted by atomic mass is 10.5. The van der Waals surface area contributed by atoms with E-state index in [1.54, 1.807) is 6.92 Å². The third-order valence-corrected chi connectivity index (χ3v) is 1.47. The number of carbonyl (C=O) groups is 2. The smallest absolute Gasteiger partial charge is 0.330 e. The molecule has 5 heteroatoms. The van der Waals surface area contributed by atoms with E-state index in [1.165, 1.54) is 4.90 Å². The van der Waals surface area contributed by atoms with Crippen LogP contribution in [0.25, 0.3) is 0 Å². The minimum atomic E-state index is -0.517. The molecule has 0 aliphatic heterocycles. The van der Waals surface area contributed by atoms with Gasteiger partial charge in [-0.2, -0.15) is 0 Å². The number of likely N-dealkylation sites (N-methyl/N-ethyl adjacent to an activating group) is 1. The van der Waals surface area contributed by atoms with E-state index in [1.807, 2.05) is 0 Å². The summed E-state index contributed by atoms with van der Waals surface area (Å²) in [6, 6.07) is -0.517. The van der Waals surface area contributed by atoms with Gasteiger partial charge in [0.2, 0.25) is 0 Å². The van der Waals surface area contributed by atoms with Crippen LogP contribution in [-0.4, -0.2) is 36.6 Å². The highest BCUT2D eigenvalue weighted by Gasteiger charge is 2.06. The summed E-state index contributed by atoms with van der Waals surface area (Å²) < 4.78 is 4.67. The van der Waals surface area contributed by atoms with Gasteiger partial charge in [0, 0.05) is 12.6 Å². The second kappa shape index (κ2) is 6.05. The van der Waals surface area contributed by atoms with Crippen LogP contribution in [0.2, 0.25) is 0 Å². The Morgan fingerprint density at radius 3 is 2.62 bits per heavy atom. The first-order valence-electron chi connectivity index (χ1n) is 3.95. The van der Waals surface area contributed by atoms with Crippen molar-refractivity contribution >= 4 is 12.0 Å². The molecule has 0 fully saturated rings. The predicted octanol–water partition coefficient (Wildman–Crippen LogP) is 0.116. The summed E-state index contributed by atoms with van der Waals surface area (Å²) in [5, 5.41) is 0. The normalized spacial score (nSPS) is 9.00. The molecule has 0 aromatic carbocycles. The van der Waals surface area contributed by atoms with Gasteiger partial charge >= 0.3 is 12.0 Å². The lowest BCUT2D eigenvalue weighted by Gasteiger charge is -2.17. The van der Waals surface area contributed by atoms with Crippen molar-refractivity contribution in [3.63, 3.8) is 0 Å². The van der Waals surface area contributed by atoms with Crippen LogP contribution in [0.1, 0.15) is 6.92 Å². The number of hydrogen-bond acceptors (Lipinski definition) is 3. The quantitative estimate of drug-likeness (QED) is 0.489. The number of amides is 2. The molecule has 0 heterocycles. The van der Waals surface area contributed by atoms with E-state index in [2.05, 4.69) is 11.3 Å². The number of rotatable bonds is 5. The highest BCUT2D eigenvalue weighted by molar-refractivity contribution is 5.81. The zero-order valence-corrected chi connectivity index (χ0v) is 7.66. The monoisotopic (exact) mass is 186 g/mol. The van der Waals surface area contributed by atoms with Crippen LogP contribution in [0.5, 0.6) is 0 Å². The van der Waals surface area contributed by atoms with Crippen molar-refractivity contribution in [1.29, 1.82) is 0 Å². The fourth-order valence-corrected chi connectivity index (χ4v) is 0.739. The Kier molecular flexibility index (Phi) is 5.34. The second-order valence-corrected chi connectivity index (χ2v) is 2.29. The van der Waals surface area contributed by atoms with E-state index < -0.39 is 12.0 Å². The van der Waals surface area contributed by atoms with Crippen LogP contribution in [0.4, 0.5) is 4.79 Å². The number of primary amides is 1. The molecular formula is C8H14N2O3. The van der Waals surface area contributed by atoms with E-state index in [4.69, 9.17) is 5.73 Å². The van der Waals surface area contributed by atoms with Crippen LogP contribution >= 0.6 is 0 Å². The Bertz CT molecular complexity index is 204. The molecule has 0 aliphatic rings. The fraction of sp³-hybridized carbons (Fsp3) is 0.500. The third kappa shape index (κ3) is 4.84. The number of urea groups is 1. The molecule has 0 rings (SSSR count). The molecule has 5 nitrogen and oxygen atoms in total. The van der Waals surface area contributed by atoms with Gasteiger partial charge in [0.1, 0.15) is 6.61 Å². The minimum Gasteiger partial charge on any atom is -0.461 e. The number of carbonyl (C=O) groups excluding carboxylic acids is 2. The zero-order chi connectivity index (χ0) is 10.3. The molecule has 2 N–H and O–H groups in total. The van der Waals surface area contributed by atoms with Gasteiger partial charge in [-0.1, -0.05) is 6.58 Å². The summed E-state index contributed by atoms with van der Waals surface area (Å²) in [5.41, 5.74) is 5.02. The molecule has 0 spiro atoms. The van der Waals surface area contributed by atoms with E-state index in [-0.39, 0.29) is 6.61 Å². The Hall–Kier alpha value is -1.52. The van der Waals surface area contributed by atoms with Crippen LogP contribution in [0.15, 0.2) is 12.7 Å². The molecule has 0 saturated carbocycles. The van der Waals surface area contributed by atoms with Gasteiger partial charge in [0.25, 0.3) is 0 Å². The molecule has 0 bridgehead atoms. The number of hydrogen-bond donors (Lipinski definition) is 1. The first-order valence-corrected chi connectivity index (χ1v) is 3.95. The van der Waals surface area contributed by atoms with Crippen molar-refractivity contribution in [2.24, 2.45) is 5.73 Å². The van der Waals surface area contributed by atoms with Crippen LogP contribution in [0, 0.1) is 0 Å². The lowest BCUT2D eigenvalue weighted by molar-refractivity contribution is -0.137. The molecular weight excluding hydrogens is 172 g/mol. The highest BCUT2D eigenvalue weighted by Crippen LogP contribution is 1.88. The highest BCUT2D eigenvalue weighted by atomic mass is 16.5. The molecule has 13 heavy (non-hydrogen) atoms. The Morgan fingerprint density at radius 1 is 1.62 bits per heavy atom. The van der Waals surface area contributed by atoms with Crippen molar-refractivity contribution < 1.29 is 14.3 Å². The summed E-state index contributed by atoms with van der Waals surface area (Å²) in [6.45, 7) is 5.98. The van der Waals surface area contributed by atoms with Crippen LogP contribution in [0.3, 0.4) is 0 Å².